The highest BCUT2D eigenvalue weighted by atomic mass is 127. The van der Waals surface area contributed by atoms with Crippen LogP contribution in [0.25, 0.3) is 0 Å². The Morgan fingerprint density at radius 3 is 2.52 bits per heavy atom. The number of aryl methyl sites for hydroxylation is 1. The molecule has 0 aliphatic carbocycles. The Balaban J connectivity index is 0.00000364. The highest BCUT2D eigenvalue weighted by Crippen LogP contribution is 2.18. The number of aromatic nitrogens is 3. The van der Waals surface area contributed by atoms with Gasteiger partial charge in [0.2, 0.25) is 0 Å². The van der Waals surface area contributed by atoms with Crippen LogP contribution in [0.1, 0.15) is 43.9 Å². The van der Waals surface area contributed by atoms with Gasteiger partial charge in [0.1, 0.15) is 18.0 Å². The standard InChI is InChI=1S/C19H30N6O.HI/c1-5-6-12-20-18(21-13-17-24-23-15(2)25(17)4)22-14-19(3,26)16-10-8-7-9-11-16;/h7-11,26H,5-6,12-14H2,1-4H3,(H2,20,21,22);1H. The van der Waals surface area contributed by atoms with E-state index in [1.54, 1.807) is 6.92 Å². The van der Waals surface area contributed by atoms with Crippen LogP contribution in [0.2, 0.25) is 0 Å². The topological polar surface area (TPSA) is 87.4 Å². The second-order valence-electron chi connectivity index (χ2n) is 6.66. The summed E-state index contributed by atoms with van der Waals surface area (Å²) in [4.78, 5) is 4.60. The molecule has 3 N–H and O–H groups in total. The molecule has 0 saturated heterocycles. The first-order chi connectivity index (χ1) is 12.4. The van der Waals surface area contributed by atoms with Crippen LogP contribution in [0.5, 0.6) is 0 Å². The summed E-state index contributed by atoms with van der Waals surface area (Å²) in [7, 11) is 1.93. The molecule has 2 aromatic rings. The normalized spacial score (nSPS) is 13.6. The minimum atomic E-state index is -0.990. The van der Waals surface area contributed by atoms with E-state index in [4.69, 9.17) is 0 Å². The van der Waals surface area contributed by atoms with E-state index in [-0.39, 0.29) is 24.0 Å². The highest BCUT2D eigenvalue weighted by molar-refractivity contribution is 14.0. The second-order valence-corrected chi connectivity index (χ2v) is 6.66. The first kappa shape index (κ1) is 23.4. The van der Waals surface area contributed by atoms with E-state index in [2.05, 4.69) is 32.7 Å². The smallest absolute Gasteiger partial charge is 0.191 e. The lowest BCUT2D eigenvalue weighted by molar-refractivity contribution is 0.0617. The number of benzene rings is 1. The third-order valence-corrected chi connectivity index (χ3v) is 4.38. The maximum absolute atomic E-state index is 10.8. The van der Waals surface area contributed by atoms with Gasteiger partial charge in [-0.05, 0) is 25.8 Å². The van der Waals surface area contributed by atoms with Gasteiger partial charge in [-0.15, -0.1) is 34.2 Å². The van der Waals surface area contributed by atoms with Crippen molar-refractivity contribution >= 4 is 29.9 Å². The van der Waals surface area contributed by atoms with Gasteiger partial charge in [-0.3, -0.25) is 0 Å². The summed E-state index contributed by atoms with van der Waals surface area (Å²) in [6, 6.07) is 9.63. The largest absolute Gasteiger partial charge is 0.384 e. The first-order valence-electron chi connectivity index (χ1n) is 9.09. The third-order valence-electron chi connectivity index (χ3n) is 4.38. The zero-order valence-electron chi connectivity index (χ0n) is 16.6. The maximum Gasteiger partial charge on any atom is 0.191 e. The van der Waals surface area contributed by atoms with E-state index in [1.165, 1.54) is 0 Å². The fraction of sp³-hybridized carbons (Fsp3) is 0.526. The van der Waals surface area contributed by atoms with Crippen LogP contribution in [-0.4, -0.2) is 38.9 Å². The molecule has 0 aliphatic heterocycles. The molecule has 0 spiro atoms. The molecule has 0 amide bonds. The number of halogens is 1. The van der Waals surface area contributed by atoms with E-state index in [1.807, 2.05) is 48.9 Å². The van der Waals surface area contributed by atoms with Gasteiger partial charge in [-0.2, -0.15) is 0 Å². The van der Waals surface area contributed by atoms with Crippen molar-refractivity contribution in [2.75, 3.05) is 13.1 Å². The predicted octanol–water partition coefficient (Wildman–Crippen LogP) is 2.48. The van der Waals surface area contributed by atoms with Crippen molar-refractivity contribution in [3.63, 3.8) is 0 Å². The van der Waals surface area contributed by atoms with Gasteiger partial charge < -0.3 is 20.3 Å². The number of aliphatic imine (C=N–C) groups is 1. The molecule has 0 saturated carbocycles. The Morgan fingerprint density at radius 2 is 1.93 bits per heavy atom. The number of hydrogen-bond acceptors (Lipinski definition) is 4. The van der Waals surface area contributed by atoms with E-state index in [0.29, 0.717) is 19.0 Å². The van der Waals surface area contributed by atoms with Crippen molar-refractivity contribution in [3.05, 3.63) is 47.5 Å². The van der Waals surface area contributed by atoms with Crippen molar-refractivity contribution < 1.29 is 5.11 Å². The fourth-order valence-electron chi connectivity index (χ4n) is 2.45. The van der Waals surface area contributed by atoms with E-state index in [0.717, 1.165) is 36.6 Å². The molecular weight excluding hydrogens is 455 g/mol. The summed E-state index contributed by atoms with van der Waals surface area (Å²) in [6.45, 7) is 7.46. The van der Waals surface area contributed by atoms with E-state index >= 15 is 0 Å². The fourth-order valence-corrected chi connectivity index (χ4v) is 2.45. The van der Waals surface area contributed by atoms with Crippen LogP contribution in [0.15, 0.2) is 35.3 Å². The van der Waals surface area contributed by atoms with Crippen LogP contribution < -0.4 is 10.6 Å². The Bertz CT molecular complexity index is 714. The monoisotopic (exact) mass is 486 g/mol. The molecule has 0 fully saturated rings. The zero-order chi connectivity index (χ0) is 19.0. The number of aliphatic hydroxyl groups is 1. The first-order valence-corrected chi connectivity index (χ1v) is 9.09. The number of guanidine groups is 1. The molecular formula is C19H31IN6O. The SMILES string of the molecule is CCCCNC(=NCc1nnc(C)n1C)NCC(C)(O)c1ccccc1.I. The minimum absolute atomic E-state index is 0. The number of nitrogens with zero attached hydrogens (tertiary/aromatic N) is 4. The van der Waals surface area contributed by atoms with Gasteiger partial charge >= 0.3 is 0 Å². The zero-order valence-corrected chi connectivity index (χ0v) is 18.9. The van der Waals surface area contributed by atoms with E-state index in [9.17, 15) is 5.11 Å². The number of hydrogen-bond donors (Lipinski definition) is 3. The molecule has 8 heteroatoms. The third kappa shape index (κ3) is 7.10. The Labute approximate surface area is 178 Å². The van der Waals surface area contributed by atoms with Crippen LogP contribution in [-0.2, 0) is 19.2 Å². The summed E-state index contributed by atoms with van der Waals surface area (Å²) in [5.41, 5.74) is -0.125. The molecule has 27 heavy (non-hydrogen) atoms. The van der Waals surface area contributed by atoms with Gasteiger partial charge in [0.05, 0.1) is 6.54 Å². The van der Waals surface area contributed by atoms with Crippen LogP contribution in [0, 0.1) is 6.92 Å². The molecule has 0 aliphatic rings. The van der Waals surface area contributed by atoms with Gasteiger partial charge in [-0.1, -0.05) is 43.7 Å². The molecule has 1 heterocycles. The lowest BCUT2D eigenvalue weighted by Gasteiger charge is -2.25. The molecule has 1 aromatic carbocycles. The van der Waals surface area contributed by atoms with Crippen LogP contribution in [0.3, 0.4) is 0 Å². The quantitative estimate of drug-likeness (QED) is 0.231. The summed E-state index contributed by atoms with van der Waals surface area (Å²) < 4.78 is 1.92. The number of rotatable bonds is 8. The Morgan fingerprint density at radius 1 is 1.22 bits per heavy atom. The molecule has 0 radical (unpaired) electrons. The van der Waals surface area contributed by atoms with Crippen molar-refractivity contribution in [3.8, 4) is 0 Å². The van der Waals surface area contributed by atoms with Crippen molar-refractivity contribution in [2.24, 2.45) is 12.0 Å². The molecule has 150 valence electrons. The summed E-state index contributed by atoms with van der Waals surface area (Å²) in [6.07, 6.45) is 2.16. The average molecular weight is 486 g/mol. The summed E-state index contributed by atoms with van der Waals surface area (Å²) >= 11 is 0. The predicted molar refractivity (Wildman–Crippen MR) is 119 cm³/mol. The van der Waals surface area contributed by atoms with Gasteiger partial charge in [0.25, 0.3) is 0 Å². The maximum atomic E-state index is 10.8. The molecule has 1 aromatic heterocycles. The second kappa shape index (κ2) is 11.2. The van der Waals surface area contributed by atoms with Crippen LogP contribution >= 0.6 is 24.0 Å². The van der Waals surface area contributed by atoms with Gasteiger partial charge in [0.15, 0.2) is 11.8 Å². The molecule has 1 atom stereocenters. The Hall–Kier alpha value is -1.68. The Kier molecular flexibility index (Phi) is 9.71. The number of nitrogens with one attached hydrogen (secondary N) is 2. The van der Waals surface area contributed by atoms with Crippen molar-refractivity contribution in [2.45, 2.75) is 45.8 Å². The van der Waals surface area contributed by atoms with Crippen molar-refractivity contribution in [1.82, 2.24) is 25.4 Å². The minimum Gasteiger partial charge on any atom is -0.384 e. The molecule has 1 unspecified atom stereocenters. The lowest BCUT2D eigenvalue weighted by atomic mass is 9.96. The number of unbranched alkanes of at least 4 members (excludes halogenated alkanes) is 1. The summed E-state index contributed by atoms with van der Waals surface area (Å²) in [5.74, 6) is 2.32. The van der Waals surface area contributed by atoms with Crippen LogP contribution in [0.4, 0.5) is 0 Å². The average Bonchev–Trinajstić information content (AvgIpc) is 2.96. The van der Waals surface area contributed by atoms with Gasteiger partial charge in [-0.25, -0.2) is 4.99 Å². The van der Waals surface area contributed by atoms with E-state index < -0.39 is 5.60 Å². The summed E-state index contributed by atoms with van der Waals surface area (Å²) in [5, 5.41) is 25.5. The molecule has 7 nitrogen and oxygen atoms in total. The van der Waals surface area contributed by atoms with Gasteiger partial charge in [0, 0.05) is 13.6 Å². The molecule has 2 rings (SSSR count). The lowest BCUT2D eigenvalue weighted by Crippen LogP contribution is -2.44. The van der Waals surface area contributed by atoms with Crippen molar-refractivity contribution in [1.29, 1.82) is 0 Å². The highest BCUT2D eigenvalue weighted by Gasteiger charge is 2.23. The molecule has 0 bridgehead atoms.